The van der Waals surface area contributed by atoms with E-state index >= 15 is 0 Å². The fourth-order valence-corrected chi connectivity index (χ4v) is 3.70. The van der Waals surface area contributed by atoms with Crippen molar-refractivity contribution in [1.29, 1.82) is 0 Å². The zero-order valence-corrected chi connectivity index (χ0v) is 21.9. The van der Waals surface area contributed by atoms with E-state index < -0.39 is 42.1 Å². The summed E-state index contributed by atoms with van der Waals surface area (Å²) in [5.74, 6) is -1.30. The summed E-state index contributed by atoms with van der Waals surface area (Å²) in [5.41, 5.74) is -1.00. The molecule has 2 aromatic rings. The van der Waals surface area contributed by atoms with Gasteiger partial charge in [0, 0.05) is 25.6 Å². The molecule has 0 fully saturated rings. The number of nitrogens with zero attached hydrogens (tertiary/aromatic N) is 1. The van der Waals surface area contributed by atoms with Crippen LogP contribution in [0.3, 0.4) is 0 Å². The first-order valence-corrected chi connectivity index (χ1v) is 11.7. The molecule has 1 heterocycles. The zero-order valence-electron chi connectivity index (χ0n) is 21.9. The molecule has 0 saturated heterocycles. The molecule has 2 rings (SSSR count). The maximum Gasteiger partial charge on any atom is 0.309 e. The highest BCUT2D eigenvalue weighted by Crippen LogP contribution is 2.32. The molecule has 0 radical (unpaired) electrons. The highest BCUT2D eigenvalue weighted by Gasteiger charge is 2.39. The van der Waals surface area contributed by atoms with Gasteiger partial charge in [-0.25, -0.2) is 4.98 Å². The molecule has 0 aliphatic carbocycles. The molecule has 1 aromatic carbocycles. The summed E-state index contributed by atoms with van der Waals surface area (Å²) in [6, 6.07) is 10.8. The minimum atomic E-state index is -0.967. The molecular formula is C27H35NO8. The summed E-state index contributed by atoms with van der Waals surface area (Å²) in [6.45, 7) is 9.98. The van der Waals surface area contributed by atoms with Crippen LogP contribution in [0.2, 0.25) is 0 Å². The van der Waals surface area contributed by atoms with Crippen LogP contribution in [-0.4, -0.2) is 48.3 Å². The Kier molecular flexibility index (Phi) is 10.3. The lowest BCUT2D eigenvalue weighted by molar-refractivity contribution is -0.172. The maximum atomic E-state index is 13.1. The van der Waals surface area contributed by atoms with Crippen molar-refractivity contribution in [2.75, 3.05) is 13.9 Å². The van der Waals surface area contributed by atoms with Crippen LogP contribution in [0.5, 0.6) is 17.2 Å². The molecule has 0 N–H and O–H groups in total. The molecule has 0 unspecified atom stereocenters. The van der Waals surface area contributed by atoms with E-state index in [0.29, 0.717) is 5.75 Å². The van der Waals surface area contributed by atoms with E-state index in [2.05, 4.69) is 4.98 Å². The molecule has 0 aliphatic rings. The average Bonchev–Trinajstić information content (AvgIpc) is 2.82. The van der Waals surface area contributed by atoms with Crippen molar-refractivity contribution < 1.29 is 38.1 Å². The summed E-state index contributed by atoms with van der Waals surface area (Å²) in [6.07, 6.45) is 0.795. The third-order valence-electron chi connectivity index (χ3n) is 5.37. The second kappa shape index (κ2) is 12.9. The van der Waals surface area contributed by atoms with E-state index in [4.69, 9.17) is 23.7 Å². The first kappa shape index (κ1) is 28.6. The second-order valence-electron chi connectivity index (χ2n) is 9.24. The minimum Gasteiger partial charge on any atom is -0.493 e. The van der Waals surface area contributed by atoms with Crippen molar-refractivity contribution in [3.05, 3.63) is 48.3 Å². The molecule has 0 saturated carbocycles. The smallest absolute Gasteiger partial charge is 0.309 e. The number of ketones is 1. The lowest BCUT2D eigenvalue weighted by atomic mass is 9.91. The Morgan fingerprint density at radius 2 is 1.69 bits per heavy atom. The van der Waals surface area contributed by atoms with Crippen LogP contribution < -0.4 is 14.2 Å². The third kappa shape index (κ3) is 7.96. The van der Waals surface area contributed by atoms with Crippen LogP contribution >= 0.6 is 0 Å². The number of pyridine rings is 1. The summed E-state index contributed by atoms with van der Waals surface area (Å²) in [7, 11) is 1.41. The van der Waals surface area contributed by atoms with Gasteiger partial charge in [-0.05, 0) is 31.9 Å². The zero-order chi connectivity index (χ0) is 26.9. The Morgan fingerprint density at radius 1 is 1.03 bits per heavy atom. The van der Waals surface area contributed by atoms with Gasteiger partial charge in [-0.1, -0.05) is 39.0 Å². The molecular weight excluding hydrogens is 466 g/mol. The van der Waals surface area contributed by atoms with Crippen LogP contribution in [0, 0.1) is 11.8 Å². The SMILES string of the molecule is COc1ccnc(C(=O)C[C@@H](C)C(=O)OC(C)(C)[C@H](Oc2ccccc2)C(C)C)c1OCOC(C)=O. The molecule has 9 heteroatoms. The molecule has 0 spiro atoms. The standard InChI is InChI=1S/C27H35NO8/c1-17(2)25(35-20-11-9-8-10-12-20)27(5,6)36-26(31)18(3)15-21(30)23-24(34-16-33-19(4)29)22(32-7)13-14-28-23/h8-14,17-18,25H,15-16H2,1-7H3/t18-,25-/m1/s1. The maximum absolute atomic E-state index is 13.1. The lowest BCUT2D eigenvalue weighted by Gasteiger charge is -2.37. The predicted molar refractivity (Wildman–Crippen MR) is 132 cm³/mol. The van der Waals surface area contributed by atoms with E-state index in [-0.39, 0.29) is 29.5 Å². The van der Waals surface area contributed by atoms with Gasteiger partial charge in [0.2, 0.25) is 6.79 Å². The Morgan fingerprint density at radius 3 is 2.28 bits per heavy atom. The van der Waals surface area contributed by atoms with Gasteiger partial charge in [-0.2, -0.15) is 0 Å². The average molecular weight is 502 g/mol. The molecule has 0 amide bonds. The normalized spacial score (nSPS) is 12.9. The van der Waals surface area contributed by atoms with E-state index in [1.54, 1.807) is 20.8 Å². The fraction of sp³-hybridized carbons (Fsp3) is 0.481. The molecule has 1 aromatic heterocycles. The Hall–Kier alpha value is -3.62. The van der Waals surface area contributed by atoms with Crippen LogP contribution in [0.25, 0.3) is 0 Å². The van der Waals surface area contributed by atoms with Crippen molar-refractivity contribution in [3.63, 3.8) is 0 Å². The number of aromatic nitrogens is 1. The fourth-order valence-electron chi connectivity index (χ4n) is 3.70. The highest BCUT2D eigenvalue weighted by atomic mass is 16.7. The van der Waals surface area contributed by atoms with Gasteiger partial charge in [0.25, 0.3) is 0 Å². The van der Waals surface area contributed by atoms with Crippen LogP contribution in [0.1, 0.15) is 58.5 Å². The topological polar surface area (TPSA) is 110 Å². The number of benzene rings is 1. The second-order valence-corrected chi connectivity index (χ2v) is 9.24. The van der Waals surface area contributed by atoms with Crippen molar-refractivity contribution in [1.82, 2.24) is 4.98 Å². The van der Waals surface area contributed by atoms with Crippen LogP contribution in [0.4, 0.5) is 0 Å². The van der Waals surface area contributed by atoms with Gasteiger partial charge in [0.15, 0.2) is 23.0 Å². The minimum absolute atomic E-state index is 0.0308. The molecule has 36 heavy (non-hydrogen) atoms. The van der Waals surface area contributed by atoms with Crippen LogP contribution in [0.15, 0.2) is 42.6 Å². The number of methoxy groups -OCH3 is 1. The quantitative estimate of drug-likeness (QED) is 0.220. The molecule has 9 nitrogen and oxygen atoms in total. The molecule has 196 valence electrons. The number of carbonyl (C=O) groups excluding carboxylic acids is 3. The first-order chi connectivity index (χ1) is 17.0. The van der Waals surface area contributed by atoms with Gasteiger partial charge in [0.05, 0.1) is 13.0 Å². The summed E-state index contributed by atoms with van der Waals surface area (Å²) >= 11 is 0. The van der Waals surface area contributed by atoms with E-state index in [1.807, 2.05) is 44.2 Å². The van der Waals surface area contributed by atoms with Crippen molar-refractivity contribution in [2.45, 2.75) is 59.7 Å². The van der Waals surface area contributed by atoms with E-state index in [0.717, 1.165) is 0 Å². The number of para-hydroxylation sites is 1. The van der Waals surface area contributed by atoms with Crippen LogP contribution in [-0.2, 0) is 19.1 Å². The van der Waals surface area contributed by atoms with Gasteiger partial charge < -0.3 is 23.7 Å². The summed E-state index contributed by atoms with van der Waals surface area (Å²) in [4.78, 5) is 41.2. The predicted octanol–water partition coefficient (Wildman–Crippen LogP) is 4.62. The Bertz CT molecular complexity index is 1040. The van der Waals surface area contributed by atoms with E-state index in [9.17, 15) is 14.4 Å². The summed E-state index contributed by atoms with van der Waals surface area (Å²) in [5, 5.41) is 0. The van der Waals surface area contributed by atoms with Crippen molar-refractivity contribution in [2.24, 2.45) is 11.8 Å². The number of esters is 2. The molecule has 0 aliphatic heterocycles. The highest BCUT2D eigenvalue weighted by molar-refractivity contribution is 5.99. The Balaban J connectivity index is 2.12. The number of ether oxygens (including phenoxy) is 5. The lowest BCUT2D eigenvalue weighted by Crippen LogP contribution is -2.48. The van der Waals surface area contributed by atoms with Crippen molar-refractivity contribution in [3.8, 4) is 17.2 Å². The first-order valence-electron chi connectivity index (χ1n) is 11.7. The summed E-state index contributed by atoms with van der Waals surface area (Å²) < 4.78 is 27.5. The molecule has 2 atom stereocenters. The number of hydrogen-bond acceptors (Lipinski definition) is 9. The molecule has 0 bridgehead atoms. The number of hydrogen-bond donors (Lipinski definition) is 0. The number of carbonyl (C=O) groups is 3. The Labute approximate surface area is 212 Å². The monoisotopic (exact) mass is 501 g/mol. The number of Topliss-reactive ketones (excluding diaryl/α,β-unsaturated/α-hetero) is 1. The van der Waals surface area contributed by atoms with Crippen molar-refractivity contribution >= 4 is 17.7 Å². The van der Waals surface area contributed by atoms with Gasteiger partial charge in [0.1, 0.15) is 17.5 Å². The number of rotatable bonds is 13. The third-order valence-corrected chi connectivity index (χ3v) is 5.37. The van der Waals surface area contributed by atoms with Gasteiger partial charge in [-0.3, -0.25) is 14.4 Å². The van der Waals surface area contributed by atoms with E-state index in [1.165, 1.54) is 26.3 Å². The van der Waals surface area contributed by atoms with Gasteiger partial charge >= 0.3 is 11.9 Å². The van der Waals surface area contributed by atoms with Gasteiger partial charge in [-0.15, -0.1) is 0 Å². The largest absolute Gasteiger partial charge is 0.493 e.